The molecule has 1 aromatic carbocycles. The first-order valence-corrected chi connectivity index (χ1v) is 12.1. The Bertz CT molecular complexity index is 1150. The van der Waals surface area contributed by atoms with E-state index in [1.807, 2.05) is 57.2 Å². The molecular weight excluding hydrogens is 476 g/mol. The van der Waals surface area contributed by atoms with Crippen molar-refractivity contribution < 1.29 is 23.7 Å². The number of aromatic nitrogens is 5. The summed E-state index contributed by atoms with van der Waals surface area (Å²) in [6.45, 7) is 7.84. The summed E-state index contributed by atoms with van der Waals surface area (Å²) in [5, 5.41) is 10.8. The maximum Gasteiger partial charge on any atom is 0.407 e. The first kappa shape index (κ1) is 27.6. The largest absolute Gasteiger partial charge is 0.493 e. The van der Waals surface area contributed by atoms with Crippen LogP contribution in [0.4, 0.5) is 4.79 Å². The van der Waals surface area contributed by atoms with Crippen molar-refractivity contribution in [2.24, 2.45) is 0 Å². The fourth-order valence-electron chi connectivity index (χ4n) is 3.37. The van der Waals surface area contributed by atoms with E-state index < -0.39 is 6.09 Å². The number of benzene rings is 1. The van der Waals surface area contributed by atoms with E-state index in [0.717, 1.165) is 11.3 Å². The monoisotopic (exact) mass is 510 g/mol. The van der Waals surface area contributed by atoms with Gasteiger partial charge in [0, 0.05) is 19.3 Å². The van der Waals surface area contributed by atoms with Crippen LogP contribution < -0.4 is 14.8 Å². The van der Waals surface area contributed by atoms with Crippen molar-refractivity contribution in [3.8, 4) is 11.5 Å². The van der Waals surface area contributed by atoms with Gasteiger partial charge in [-0.1, -0.05) is 17.4 Å². The van der Waals surface area contributed by atoms with Crippen molar-refractivity contribution in [3.05, 3.63) is 59.9 Å². The van der Waals surface area contributed by atoms with E-state index in [2.05, 4.69) is 25.6 Å². The Balaban J connectivity index is 1.41. The molecule has 0 radical (unpaired) electrons. The predicted molar refractivity (Wildman–Crippen MR) is 138 cm³/mol. The van der Waals surface area contributed by atoms with Crippen LogP contribution in [0, 0.1) is 0 Å². The molecule has 0 bridgehead atoms. The third kappa shape index (κ3) is 9.53. The van der Waals surface area contributed by atoms with Crippen molar-refractivity contribution in [2.45, 2.75) is 45.9 Å². The van der Waals surface area contributed by atoms with Crippen LogP contribution in [0.1, 0.15) is 44.1 Å². The highest BCUT2D eigenvalue weighted by Crippen LogP contribution is 2.28. The van der Waals surface area contributed by atoms with Crippen molar-refractivity contribution >= 4 is 18.2 Å². The summed E-state index contributed by atoms with van der Waals surface area (Å²) in [5.41, 5.74) is 2.01. The number of alkyl carbamates (subject to hydrolysis) is 1. The minimum Gasteiger partial charge on any atom is -0.493 e. The number of carbonyl (C=O) groups excluding carboxylic acids is 1. The van der Waals surface area contributed by atoms with Gasteiger partial charge < -0.3 is 24.3 Å². The topological polar surface area (TPSA) is 123 Å². The van der Waals surface area contributed by atoms with Crippen LogP contribution in [0.25, 0.3) is 12.2 Å². The van der Waals surface area contributed by atoms with Gasteiger partial charge in [-0.2, -0.15) is 0 Å². The molecule has 2 aromatic heterocycles. The fraction of sp³-hybridized carbons (Fsp3) is 0.423. The standard InChI is InChI=1S/C26H34N6O5/c1-5-37-26(2,3)11-13-28-25(33)36-18-22-17-32(31-30-22)14-15-35-23-9-7-20(16-24(23)34-4)6-8-21-10-12-27-19-29-21/h6-10,12,16-17,19H,5,11,13-15,18H2,1-4H3,(H,28,33)/b8-6+. The highest BCUT2D eigenvalue weighted by atomic mass is 16.5. The Labute approximate surface area is 216 Å². The molecule has 0 saturated heterocycles. The highest BCUT2D eigenvalue weighted by molar-refractivity contribution is 5.69. The Morgan fingerprint density at radius 3 is 2.81 bits per heavy atom. The minimum absolute atomic E-state index is 0.0271. The maximum atomic E-state index is 11.9. The molecule has 0 atom stereocenters. The highest BCUT2D eigenvalue weighted by Gasteiger charge is 2.17. The summed E-state index contributed by atoms with van der Waals surface area (Å²) in [5.74, 6) is 1.24. The molecule has 11 nitrogen and oxygen atoms in total. The molecule has 11 heteroatoms. The fourth-order valence-corrected chi connectivity index (χ4v) is 3.37. The number of methoxy groups -OCH3 is 1. The lowest BCUT2D eigenvalue weighted by Gasteiger charge is -2.24. The Kier molecular flexibility index (Phi) is 10.4. The maximum absolute atomic E-state index is 11.9. The average molecular weight is 511 g/mol. The number of amides is 1. The molecule has 3 aromatic rings. The Morgan fingerprint density at radius 1 is 1.19 bits per heavy atom. The van der Waals surface area contributed by atoms with Gasteiger partial charge in [-0.3, -0.25) is 0 Å². The summed E-state index contributed by atoms with van der Waals surface area (Å²) < 4.78 is 23.8. The first-order chi connectivity index (χ1) is 17.9. The van der Waals surface area contributed by atoms with Crippen molar-refractivity contribution in [1.29, 1.82) is 0 Å². The lowest BCUT2D eigenvalue weighted by Crippen LogP contribution is -2.33. The van der Waals surface area contributed by atoms with E-state index in [9.17, 15) is 4.79 Å². The number of carbonyl (C=O) groups is 1. The molecule has 0 aliphatic rings. The van der Waals surface area contributed by atoms with E-state index in [0.29, 0.717) is 49.9 Å². The second-order valence-electron chi connectivity index (χ2n) is 8.64. The predicted octanol–water partition coefficient (Wildman–Crippen LogP) is 3.76. The van der Waals surface area contributed by atoms with E-state index >= 15 is 0 Å². The van der Waals surface area contributed by atoms with Crippen LogP contribution in [0.5, 0.6) is 11.5 Å². The van der Waals surface area contributed by atoms with Crippen LogP contribution in [-0.2, 0) is 22.6 Å². The molecule has 2 heterocycles. The summed E-state index contributed by atoms with van der Waals surface area (Å²) >= 11 is 0. The third-order valence-corrected chi connectivity index (χ3v) is 5.29. The smallest absolute Gasteiger partial charge is 0.407 e. The molecule has 198 valence electrons. The molecule has 0 spiro atoms. The van der Waals surface area contributed by atoms with Crippen LogP contribution in [0.2, 0.25) is 0 Å². The number of nitrogens with one attached hydrogen (secondary N) is 1. The quantitative estimate of drug-likeness (QED) is 0.345. The number of hydrogen-bond donors (Lipinski definition) is 1. The van der Waals surface area contributed by atoms with Crippen LogP contribution in [-0.4, -0.2) is 63.5 Å². The Hall–Kier alpha value is -3.99. The summed E-state index contributed by atoms with van der Waals surface area (Å²) in [6, 6.07) is 7.50. The minimum atomic E-state index is -0.507. The zero-order valence-electron chi connectivity index (χ0n) is 21.7. The zero-order chi connectivity index (χ0) is 26.5. The van der Waals surface area contributed by atoms with Gasteiger partial charge in [0.25, 0.3) is 0 Å². The van der Waals surface area contributed by atoms with Gasteiger partial charge >= 0.3 is 6.09 Å². The van der Waals surface area contributed by atoms with Crippen molar-refractivity contribution in [3.63, 3.8) is 0 Å². The van der Waals surface area contributed by atoms with E-state index in [1.165, 1.54) is 6.33 Å². The SMILES string of the molecule is CCOC(C)(C)CCNC(=O)OCc1cn(CCOc2ccc(/C=C/c3ccncn3)cc2OC)nn1. The molecule has 1 amide bonds. The lowest BCUT2D eigenvalue weighted by atomic mass is 10.1. The van der Waals surface area contributed by atoms with Crippen molar-refractivity contribution in [2.75, 3.05) is 26.9 Å². The number of hydrogen-bond acceptors (Lipinski definition) is 9. The summed E-state index contributed by atoms with van der Waals surface area (Å²) in [6.07, 6.45) is 8.93. The zero-order valence-corrected chi connectivity index (χ0v) is 21.7. The molecule has 0 aliphatic heterocycles. The second kappa shape index (κ2) is 13.9. The number of rotatable bonds is 14. The molecule has 37 heavy (non-hydrogen) atoms. The van der Waals surface area contributed by atoms with Crippen LogP contribution >= 0.6 is 0 Å². The van der Waals surface area contributed by atoms with E-state index in [4.69, 9.17) is 18.9 Å². The van der Waals surface area contributed by atoms with Crippen LogP contribution in [0.15, 0.2) is 43.0 Å². The molecular formula is C26H34N6O5. The van der Waals surface area contributed by atoms with Gasteiger partial charge in [0.05, 0.1) is 31.1 Å². The molecule has 0 fully saturated rings. The summed E-state index contributed by atoms with van der Waals surface area (Å²) in [4.78, 5) is 20.0. The molecule has 3 rings (SSSR count). The van der Waals surface area contributed by atoms with Gasteiger partial charge in [-0.05, 0) is 57.0 Å². The van der Waals surface area contributed by atoms with Gasteiger partial charge in [-0.25, -0.2) is 19.4 Å². The molecule has 1 N–H and O–H groups in total. The molecule has 0 aliphatic carbocycles. The number of ether oxygens (including phenoxy) is 4. The lowest BCUT2D eigenvalue weighted by molar-refractivity contribution is -0.0155. The van der Waals surface area contributed by atoms with Gasteiger partial charge in [-0.15, -0.1) is 5.10 Å². The van der Waals surface area contributed by atoms with Gasteiger partial charge in [0.1, 0.15) is 25.2 Å². The average Bonchev–Trinajstić information content (AvgIpc) is 3.35. The van der Waals surface area contributed by atoms with E-state index in [-0.39, 0.29) is 12.2 Å². The number of nitrogens with zero attached hydrogens (tertiary/aromatic N) is 5. The van der Waals surface area contributed by atoms with Gasteiger partial charge in [0.2, 0.25) is 0 Å². The normalized spacial score (nSPS) is 11.5. The van der Waals surface area contributed by atoms with Crippen molar-refractivity contribution in [1.82, 2.24) is 30.3 Å². The van der Waals surface area contributed by atoms with Gasteiger partial charge in [0.15, 0.2) is 11.5 Å². The third-order valence-electron chi connectivity index (χ3n) is 5.29. The van der Waals surface area contributed by atoms with Crippen LogP contribution in [0.3, 0.4) is 0 Å². The summed E-state index contributed by atoms with van der Waals surface area (Å²) in [7, 11) is 1.60. The second-order valence-corrected chi connectivity index (χ2v) is 8.64. The molecule has 0 saturated carbocycles. The molecule has 0 unspecified atom stereocenters. The Morgan fingerprint density at radius 2 is 2.05 bits per heavy atom. The first-order valence-electron chi connectivity index (χ1n) is 12.1. The van der Waals surface area contributed by atoms with E-state index in [1.54, 1.807) is 24.2 Å².